The van der Waals surface area contributed by atoms with Gasteiger partial charge in [-0.25, -0.2) is 12.7 Å². The van der Waals surface area contributed by atoms with Crippen LogP contribution in [0.15, 0.2) is 83.3 Å². The molecule has 2 atom stereocenters. The van der Waals surface area contributed by atoms with Crippen LogP contribution < -0.4 is 4.31 Å². The lowest BCUT2D eigenvalue weighted by Crippen LogP contribution is -2.41. The number of ether oxygens (including phenoxy) is 1. The van der Waals surface area contributed by atoms with Crippen molar-refractivity contribution in [2.24, 2.45) is 5.41 Å². The minimum Gasteiger partial charge on any atom is -0.465 e. The van der Waals surface area contributed by atoms with Crippen LogP contribution in [-0.4, -0.2) is 26.9 Å². The number of para-hydroxylation sites is 1. The molecule has 0 bridgehead atoms. The molecule has 3 aromatic rings. The Hall–Kier alpha value is -4.73. The van der Waals surface area contributed by atoms with Gasteiger partial charge < -0.3 is 4.74 Å². The number of aryl methyl sites for hydroxylation is 1. The Balaban J connectivity index is 1.79. The lowest BCUT2D eigenvalue weighted by Gasteiger charge is -2.25. The number of benzene rings is 3. The van der Waals surface area contributed by atoms with Crippen LogP contribution in [0.3, 0.4) is 0 Å². The fraction of sp³-hybridized carbons (Fsp3) is 0.294. The third-order valence-corrected chi connectivity index (χ3v) is 10.1. The number of fused-ring (bicyclic) bond motifs is 2. The van der Waals surface area contributed by atoms with E-state index < -0.39 is 32.7 Å². The summed E-state index contributed by atoms with van der Waals surface area (Å²) in [5.74, 6) is -1.63. The molecule has 3 aromatic carbocycles. The Bertz CT molecular complexity index is 1860. The molecule has 43 heavy (non-hydrogen) atoms. The number of rotatable bonds is 6. The van der Waals surface area contributed by atoms with Gasteiger partial charge in [-0.15, -0.1) is 0 Å². The molecule has 218 valence electrons. The van der Waals surface area contributed by atoms with Gasteiger partial charge in [0.05, 0.1) is 22.6 Å². The first kappa shape index (κ1) is 29.8. The fourth-order valence-corrected chi connectivity index (χ4v) is 7.67. The van der Waals surface area contributed by atoms with Crippen molar-refractivity contribution in [3.8, 4) is 12.1 Å². The number of allylic oxidation sites excluding steroid dienone is 1. The van der Waals surface area contributed by atoms with Crippen molar-refractivity contribution in [1.29, 1.82) is 10.5 Å². The molecular weight excluding hydrogens is 562 g/mol. The minimum atomic E-state index is -4.40. The SMILES string of the molecule is CCOC(=O)[C@@]1(C(=C(C#N)C#N)c2ccc(C(C)(C)C)cc2)C[C@]12C(=O)N(S(=O)(=O)c1ccc(C)cc1)c1ccccc12. The lowest BCUT2D eigenvalue weighted by atomic mass is 9.76. The zero-order valence-corrected chi connectivity index (χ0v) is 25.5. The van der Waals surface area contributed by atoms with Crippen molar-refractivity contribution >= 4 is 33.2 Å². The van der Waals surface area contributed by atoms with Gasteiger partial charge in [0.1, 0.15) is 23.1 Å². The first-order chi connectivity index (χ1) is 20.3. The first-order valence-corrected chi connectivity index (χ1v) is 15.3. The average Bonchev–Trinajstić information content (AvgIpc) is 3.60. The van der Waals surface area contributed by atoms with Crippen LogP contribution in [0.1, 0.15) is 56.4 Å². The molecule has 1 aliphatic carbocycles. The van der Waals surface area contributed by atoms with Gasteiger partial charge in [0.2, 0.25) is 0 Å². The molecule has 1 amide bonds. The normalized spacial score (nSPS) is 20.6. The third-order valence-electron chi connectivity index (χ3n) is 8.39. The van der Waals surface area contributed by atoms with Gasteiger partial charge in [-0.2, -0.15) is 10.5 Å². The van der Waals surface area contributed by atoms with Crippen LogP contribution in [0.4, 0.5) is 5.69 Å². The molecule has 0 saturated heterocycles. The largest absolute Gasteiger partial charge is 0.465 e. The van der Waals surface area contributed by atoms with Crippen LogP contribution in [0.25, 0.3) is 5.57 Å². The number of amides is 1. The summed E-state index contributed by atoms with van der Waals surface area (Å²) in [6.07, 6.45) is -0.169. The van der Waals surface area contributed by atoms with E-state index in [2.05, 4.69) is 0 Å². The smallest absolute Gasteiger partial charge is 0.318 e. The number of carbonyl (C=O) groups excluding carboxylic acids is 2. The molecule has 0 unspecified atom stereocenters. The molecule has 1 saturated carbocycles. The highest BCUT2D eigenvalue weighted by Gasteiger charge is 2.83. The number of hydrogen-bond acceptors (Lipinski definition) is 7. The first-order valence-electron chi connectivity index (χ1n) is 13.9. The van der Waals surface area contributed by atoms with E-state index >= 15 is 0 Å². The van der Waals surface area contributed by atoms with Crippen LogP contribution in [0, 0.1) is 35.0 Å². The van der Waals surface area contributed by atoms with Crippen molar-refractivity contribution in [2.75, 3.05) is 10.9 Å². The Kier molecular flexibility index (Phi) is 7.07. The van der Waals surface area contributed by atoms with Crippen molar-refractivity contribution in [1.82, 2.24) is 0 Å². The molecule has 1 fully saturated rings. The second kappa shape index (κ2) is 10.2. The zero-order valence-electron chi connectivity index (χ0n) is 24.6. The number of esters is 1. The van der Waals surface area contributed by atoms with Gasteiger partial charge in [-0.3, -0.25) is 9.59 Å². The second-order valence-electron chi connectivity index (χ2n) is 11.9. The number of carbonyl (C=O) groups is 2. The number of anilines is 1. The molecule has 0 radical (unpaired) electrons. The highest BCUT2D eigenvalue weighted by Crippen LogP contribution is 2.75. The maximum absolute atomic E-state index is 14.6. The maximum atomic E-state index is 14.6. The summed E-state index contributed by atoms with van der Waals surface area (Å²) >= 11 is 0. The van der Waals surface area contributed by atoms with E-state index in [1.165, 1.54) is 18.2 Å². The Morgan fingerprint density at radius 1 is 0.977 bits per heavy atom. The molecule has 8 nitrogen and oxygen atoms in total. The lowest BCUT2D eigenvalue weighted by molar-refractivity contribution is -0.149. The summed E-state index contributed by atoms with van der Waals surface area (Å²) < 4.78 is 34.4. The number of nitriles is 2. The summed E-state index contributed by atoms with van der Waals surface area (Å²) in [6.45, 7) is 9.55. The van der Waals surface area contributed by atoms with Gasteiger partial charge >= 0.3 is 5.97 Å². The highest BCUT2D eigenvalue weighted by atomic mass is 32.2. The highest BCUT2D eigenvalue weighted by molar-refractivity contribution is 7.93. The van der Waals surface area contributed by atoms with Crippen molar-refractivity contribution in [3.05, 3.63) is 101 Å². The van der Waals surface area contributed by atoms with Crippen LogP contribution >= 0.6 is 0 Å². The van der Waals surface area contributed by atoms with E-state index in [1.807, 2.05) is 52.0 Å². The zero-order chi connectivity index (χ0) is 31.4. The molecule has 5 rings (SSSR count). The minimum absolute atomic E-state index is 0.0252. The van der Waals surface area contributed by atoms with Gasteiger partial charge in [0.15, 0.2) is 0 Å². The molecule has 1 heterocycles. The monoisotopic (exact) mass is 593 g/mol. The van der Waals surface area contributed by atoms with Crippen molar-refractivity contribution in [3.63, 3.8) is 0 Å². The fourth-order valence-electron chi connectivity index (χ4n) is 6.18. The summed E-state index contributed by atoms with van der Waals surface area (Å²) in [7, 11) is -4.40. The Labute approximate surface area is 251 Å². The summed E-state index contributed by atoms with van der Waals surface area (Å²) in [5, 5.41) is 20.2. The third kappa shape index (κ3) is 4.26. The number of nitrogens with zero attached hydrogens (tertiary/aromatic N) is 3. The second-order valence-corrected chi connectivity index (χ2v) is 13.7. The van der Waals surface area contributed by atoms with Gasteiger partial charge in [-0.1, -0.05) is 80.9 Å². The van der Waals surface area contributed by atoms with E-state index in [4.69, 9.17) is 4.74 Å². The van der Waals surface area contributed by atoms with Crippen molar-refractivity contribution in [2.45, 2.75) is 56.8 Å². The molecule has 9 heteroatoms. The van der Waals surface area contributed by atoms with Gasteiger partial charge in [0, 0.05) is 5.57 Å². The quantitative estimate of drug-likeness (QED) is 0.264. The predicted molar refractivity (Wildman–Crippen MR) is 161 cm³/mol. The summed E-state index contributed by atoms with van der Waals surface area (Å²) in [5.41, 5.74) is -1.35. The summed E-state index contributed by atoms with van der Waals surface area (Å²) in [4.78, 5) is 28.6. The average molecular weight is 594 g/mol. The number of sulfonamides is 1. The standard InChI is InChI=1S/C34H31N3O5S/c1-6-42-31(39)34(29(24(19-35)20-36)23-13-15-25(16-14-23)32(3,4)5)21-33(34)27-9-7-8-10-28(27)37(30(33)38)43(40,41)26-17-11-22(2)12-18-26/h7-18H,6,21H2,1-5H3/t33-,34-/m0/s1. The van der Waals surface area contributed by atoms with E-state index in [9.17, 15) is 28.5 Å². The predicted octanol–water partition coefficient (Wildman–Crippen LogP) is 5.72. The van der Waals surface area contributed by atoms with Crippen LogP contribution in [-0.2, 0) is 35.2 Å². The van der Waals surface area contributed by atoms with E-state index in [0.717, 1.165) is 15.4 Å². The Morgan fingerprint density at radius 3 is 2.14 bits per heavy atom. The maximum Gasteiger partial charge on any atom is 0.318 e. The van der Waals surface area contributed by atoms with E-state index in [-0.39, 0.29) is 40.2 Å². The van der Waals surface area contributed by atoms with Gasteiger partial charge in [0.25, 0.3) is 15.9 Å². The van der Waals surface area contributed by atoms with E-state index in [0.29, 0.717) is 11.1 Å². The molecule has 0 N–H and O–H groups in total. The molecule has 1 aliphatic heterocycles. The molecule has 0 aromatic heterocycles. The van der Waals surface area contributed by atoms with Crippen LogP contribution in [0.5, 0.6) is 0 Å². The molecular formula is C34H31N3O5S. The number of hydrogen-bond donors (Lipinski definition) is 0. The Morgan fingerprint density at radius 2 is 1.58 bits per heavy atom. The van der Waals surface area contributed by atoms with E-state index in [1.54, 1.807) is 49.4 Å². The molecule has 1 spiro atoms. The van der Waals surface area contributed by atoms with Crippen molar-refractivity contribution < 1.29 is 22.7 Å². The van der Waals surface area contributed by atoms with Crippen LogP contribution in [0.2, 0.25) is 0 Å². The van der Waals surface area contributed by atoms with Gasteiger partial charge in [-0.05, 0) is 60.6 Å². The summed E-state index contributed by atoms with van der Waals surface area (Å²) in [6, 6.07) is 23.6. The molecule has 2 aliphatic rings. The topological polar surface area (TPSA) is 128 Å².